The molecule has 1 aromatic heterocycles. The molecule has 4 rings (SSSR count). The van der Waals surface area contributed by atoms with Crippen molar-refractivity contribution in [1.29, 1.82) is 0 Å². The van der Waals surface area contributed by atoms with Crippen LogP contribution in [-0.2, 0) is 27.4 Å². The maximum absolute atomic E-state index is 13.2. The normalized spacial score (nSPS) is 16.2. The summed E-state index contributed by atoms with van der Waals surface area (Å²) in [5.74, 6) is -0.479. The molecule has 0 aliphatic carbocycles. The minimum atomic E-state index is -1.01. The number of imide groups is 1. The van der Waals surface area contributed by atoms with Crippen molar-refractivity contribution in [2.24, 2.45) is 10.9 Å². The van der Waals surface area contributed by atoms with Gasteiger partial charge in [-0.25, -0.2) is 9.69 Å². The van der Waals surface area contributed by atoms with Crippen LogP contribution in [0.3, 0.4) is 0 Å². The van der Waals surface area contributed by atoms with Gasteiger partial charge in [0.05, 0.1) is 12.6 Å². The molecular weight excluding hydrogens is 492 g/mol. The van der Waals surface area contributed by atoms with Crippen molar-refractivity contribution in [2.45, 2.75) is 31.6 Å². The summed E-state index contributed by atoms with van der Waals surface area (Å²) in [6.07, 6.45) is 1.02. The van der Waals surface area contributed by atoms with Crippen LogP contribution >= 0.6 is 15.9 Å². The zero-order chi connectivity index (χ0) is 23.4. The number of nitrogens with one attached hydrogen (secondary N) is 1. The Bertz CT molecular complexity index is 1180. The Morgan fingerprint density at radius 3 is 2.82 bits per heavy atom. The van der Waals surface area contributed by atoms with Crippen LogP contribution in [0, 0.1) is 0 Å². The number of fused-ring (bicyclic) bond motifs is 1. The van der Waals surface area contributed by atoms with Crippen molar-refractivity contribution in [3.8, 4) is 5.75 Å². The smallest absolute Gasteiger partial charge is 0.417 e. The van der Waals surface area contributed by atoms with Crippen LogP contribution in [0.2, 0.25) is 0 Å². The summed E-state index contributed by atoms with van der Waals surface area (Å²) in [4.78, 5) is 35.5. The quantitative estimate of drug-likeness (QED) is 0.442. The molecule has 9 nitrogen and oxygen atoms in total. The SMILES string of the molecule is N[C@@H](Cc1c[nH]c2ccc(O)cc12)C(=O)N(CC1CC(Br)=NO1)C(=O)OCc1ccccc1. The van der Waals surface area contributed by atoms with Gasteiger partial charge in [-0.3, -0.25) is 4.79 Å². The Morgan fingerprint density at radius 1 is 1.30 bits per heavy atom. The molecule has 0 saturated carbocycles. The number of oxime groups is 1. The fourth-order valence-corrected chi connectivity index (χ4v) is 4.05. The Hall–Kier alpha value is -3.37. The van der Waals surface area contributed by atoms with Crippen LogP contribution in [0.25, 0.3) is 10.9 Å². The average Bonchev–Trinajstić information content (AvgIpc) is 3.41. The summed E-state index contributed by atoms with van der Waals surface area (Å²) in [7, 11) is 0. The number of nitrogens with zero attached hydrogens (tertiary/aromatic N) is 2. The third-order valence-electron chi connectivity index (χ3n) is 5.28. The predicted octanol–water partition coefficient (Wildman–Crippen LogP) is 3.41. The number of H-pyrrole nitrogens is 1. The lowest BCUT2D eigenvalue weighted by atomic mass is 10.0. The van der Waals surface area contributed by atoms with Gasteiger partial charge < -0.3 is 25.4 Å². The number of rotatable bonds is 7. The standard InChI is InChI=1S/C23H23BrN4O5/c24-21-10-17(33-27-21)12-28(23(31)32-13-14-4-2-1-3-5-14)22(30)19(25)8-15-11-26-20-7-6-16(29)9-18(15)20/h1-7,9,11,17,19,26,29H,8,10,12-13,25H2/t17?,19-/m0/s1. The summed E-state index contributed by atoms with van der Waals surface area (Å²) >= 11 is 3.26. The van der Waals surface area contributed by atoms with Crippen molar-refractivity contribution in [2.75, 3.05) is 6.54 Å². The molecule has 1 aliphatic heterocycles. The van der Waals surface area contributed by atoms with Crippen LogP contribution in [-0.4, -0.2) is 50.3 Å². The fourth-order valence-electron chi connectivity index (χ4n) is 3.61. The summed E-state index contributed by atoms with van der Waals surface area (Å²) < 4.78 is 5.98. The lowest BCUT2D eigenvalue weighted by Crippen LogP contribution is -2.50. The summed E-state index contributed by atoms with van der Waals surface area (Å²) in [5.41, 5.74) is 8.59. The maximum Gasteiger partial charge on any atom is 0.417 e. The lowest BCUT2D eigenvalue weighted by Gasteiger charge is -2.25. The van der Waals surface area contributed by atoms with E-state index in [0.717, 1.165) is 26.9 Å². The van der Waals surface area contributed by atoms with Gasteiger partial charge in [-0.15, -0.1) is 0 Å². The molecule has 3 aromatic rings. The molecule has 4 N–H and O–H groups in total. The molecule has 1 unspecified atom stereocenters. The first-order valence-corrected chi connectivity index (χ1v) is 11.1. The number of aromatic hydroxyl groups is 1. The molecule has 0 spiro atoms. The first-order chi connectivity index (χ1) is 15.9. The third-order valence-corrected chi connectivity index (χ3v) is 5.75. The number of halogens is 1. The second-order valence-corrected chi connectivity index (χ2v) is 8.66. The molecule has 33 heavy (non-hydrogen) atoms. The topological polar surface area (TPSA) is 130 Å². The number of nitrogens with two attached hydrogens (primary N) is 1. The van der Waals surface area contributed by atoms with Gasteiger partial charge in [0.1, 0.15) is 17.0 Å². The van der Waals surface area contributed by atoms with E-state index < -0.39 is 24.1 Å². The van der Waals surface area contributed by atoms with Crippen molar-refractivity contribution in [3.05, 3.63) is 65.9 Å². The highest BCUT2D eigenvalue weighted by Gasteiger charge is 2.33. The highest BCUT2D eigenvalue weighted by Crippen LogP contribution is 2.24. The van der Waals surface area contributed by atoms with Crippen molar-refractivity contribution < 1.29 is 24.3 Å². The van der Waals surface area contributed by atoms with Crippen molar-refractivity contribution >= 4 is 43.5 Å². The number of aromatic nitrogens is 1. The molecule has 0 radical (unpaired) electrons. The lowest BCUT2D eigenvalue weighted by molar-refractivity contribution is -0.132. The first-order valence-electron chi connectivity index (χ1n) is 10.4. The molecule has 2 atom stereocenters. The zero-order valence-corrected chi connectivity index (χ0v) is 19.2. The molecule has 2 amide bonds. The molecule has 0 fully saturated rings. The van der Waals surface area contributed by atoms with Gasteiger partial charge in [-0.05, 0) is 51.7 Å². The number of phenolic OH excluding ortho intramolecular Hbond substituents is 1. The van der Waals surface area contributed by atoms with Crippen LogP contribution in [0.15, 0.2) is 59.9 Å². The number of hydrogen-bond donors (Lipinski definition) is 3. The molecule has 0 saturated heterocycles. The Balaban J connectivity index is 1.48. The zero-order valence-electron chi connectivity index (χ0n) is 17.6. The Kier molecular flexibility index (Phi) is 6.95. The van der Waals surface area contributed by atoms with Crippen molar-refractivity contribution in [1.82, 2.24) is 9.88 Å². The fraction of sp³-hybridized carbons (Fsp3) is 0.261. The maximum atomic E-state index is 13.2. The van der Waals surface area contributed by atoms with E-state index in [1.807, 2.05) is 30.3 Å². The van der Waals surface area contributed by atoms with E-state index in [1.165, 1.54) is 0 Å². The number of hydrogen-bond acceptors (Lipinski definition) is 7. The second kappa shape index (κ2) is 10.1. The van der Waals surface area contributed by atoms with Gasteiger partial charge in [0.25, 0.3) is 0 Å². The van der Waals surface area contributed by atoms with Crippen LogP contribution < -0.4 is 5.73 Å². The van der Waals surface area contributed by atoms with Gasteiger partial charge >= 0.3 is 6.09 Å². The monoisotopic (exact) mass is 514 g/mol. The van der Waals surface area contributed by atoms with E-state index >= 15 is 0 Å². The number of aromatic amines is 1. The van der Waals surface area contributed by atoms with Crippen LogP contribution in [0.1, 0.15) is 17.5 Å². The molecule has 10 heteroatoms. The van der Waals surface area contributed by atoms with Gasteiger partial charge in [-0.2, -0.15) is 0 Å². The van der Waals surface area contributed by atoms with Crippen LogP contribution in [0.4, 0.5) is 4.79 Å². The molecule has 172 valence electrons. The highest BCUT2D eigenvalue weighted by atomic mass is 79.9. The van der Waals surface area contributed by atoms with E-state index in [0.29, 0.717) is 11.0 Å². The van der Waals surface area contributed by atoms with Gasteiger partial charge in [0.2, 0.25) is 5.91 Å². The number of benzene rings is 2. The minimum Gasteiger partial charge on any atom is -0.508 e. The number of ether oxygens (including phenoxy) is 1. The molecule has 2 aromatic carbocycles. The van der Waals surface area contributed by atoms with Crippen LogP contribution in [0.5, 0.6) is 5.75 Å². The van der Waals surface area contributed by atoms with Crippen molar-refractivity contribution in [3.63, 3.8) is 0 Å². The van der Waals surface area contributed by atoms with Gasteiger partial charge in [0, 0.05) is 23.5 Å². The molecule has 1 aliphatic rings. The van der Waals surface area contributed by atoms with E-state index in [4.69, 9.17) is 15.3 Å². The molecular formula is C23H23BrN4O5. The van der Waals surface area contributed by atoms with Gasteiger partial charge in [0.15, 0.2) is 6.10 Å². The van der Waals surface area contributed by atoms with E-state index in [2.05, 4.69) is 26.1 Å². The Labute approximate surface area is 198 Å². The number of carbonyl (C=O) groups is 2. The first kappa shape index (κ1) is 22.8. The summed E-state index contributed by atoms with van der Waals surface area (Å²) in [5, 5.41) is 14.4. The van der Waals surface area contributed by atoms with Gasteiger partial charge in [-0.1, -0.05) is 35.5 Å². The number of phenols is 1. The van der Waals surface area contributed by atoms with E-state index in [1.54, 1.807) is 24.4 Å². The highest BCUT2D eigenvalue weighted by molar-refractivity contribution is 9.18. The third kappa shape index (κ3) is 5.52. The number of amides is 2. The predicted molar refractivity (Wildman–Crippen MR) is 126 cm³/mol. The van der Waals surface area contributed by atoms with E-state index in [-0.39, 0.29) is 25.3 Å². The number of carbonyl (C=O) groups excluding carboxylic acids is 2. The summed E-state index contributed by atoms with van der Waals surface area (Å²) in [6.45, 7) is -0.0282. The van der Waals surface area contributed by atoms with E-state index in [9.17, 15) is 14.7 Å². The summed E-state index contributed by atoms with van der Waals surface area (Å²) in [6, 6.07) is 13.1. The molecule has 2 heterocycles. The average molecular weight is 515 g/mol. The Morgan fingerprint density at radius 2 is 2.09 bits per heavy atom. The minimum absolute atomic E-state index is 0.0200. The second-order valence-electron chi connectivity index (χ2n) is 7.74. The molecule has 0 bridgehead atoms. The largest absolute Gasteiger partial charge is 0.508 e.